The van der Waals surface area contributed by atoms with Gasteiger partial charge in [-0.3, -0.25) is 4.79 Å². The highest BCUT2D eigenvalue weighted by atomic mass is 35.5. The molecule has 0 aliphatic rings. The topological polar surface area (TPSA) is 112 Å². The maximum atomic E-state index is 12.3. The molecule has 0 spiro atoms. The molecule has 2 aromatic rings. The molecule has 1 heterocycles. The Labute approximate surface area is 146 Å². The van der Waals surface area contributed by atoms with E-state index in [0.717, 1.165) is 0 Å². The fraction of sp³-hybridized carbons (Fsp3) is 0.400. The number of aryl methyl sites for hydroxylation is 1. The van der Waals surface area contributed by atoms with Crippen molar-refractivity contribution in [1.82, 2.24) is 15.5 Å². The molecule has 0 fully saturated rings. The van der Waals surface area contributed by atoms with E-state index in [9.17, 15) is 4.79 Å². The number of methoxy groups -OCH3 is 2. The van der Waals surface area contributed by atoms with Crippen molar-refractivity contribution in [2.75, 3.05) is 20.8 Å². The van der Waals surface area contributed by atoms with E-state index in [1.165, 1.54) is 7.11 Å². The lowest BCUT2D eigenvalue weighted by Gasteiger charge is -2.20. The maximum absolute atomic E-state index is 12.3. The second-order valence-electron chi connectivity index (χ2n) is 4.92. The Balaban J connectivity index is 0.00000288. The van der Waals surface area contributed by atoms with Crippen LogP contribution >= 0.6 is 12.4 Å². The number of nitrogens with two attached hydrogens (primary N) is 1. The maximum Gasteiger partial charge on any atom is 0.240 e. The third kappa shape index (κ3) is 4.67. The lowest BCUT2D eigenvalue weighted by Crippen LogP contribution is -2.45. The Kier molecular flexibility index (Phi) is 7.63. The van der Waals surface area contributed by atoms with Gasteiger partial charge in [-0.2, -0.15) is 4.98 Å². The van der Waals surface area contributed by atoms with Gasteiger partial charge in [0.2, 0.25) is 11.8 Å². The molecule has 1 aromatic carbocycles. The molecule has 3 N–H and O–H groups in total. The Bertz CT molecular complexity index is 664. The van der Waals surface area contributed by atoms with Crippen LogP contribution in [0.2, 0.25) is 0 Å². The molecule has 2 rings (SSSR count). The van der Waals surface area contributed by atoms with Crippen LogP contribution in [0.25, 0.3) is 0 Å². The summed E-state index contributed by atoms with van der Waals surface area (Å²) in [4.78, 5) is 16.5. The van der Waals surface area contributed by atoms with Crippen molar-refractivity contribution in [2.24, 2.45) is 5.73 Å². The number of nitrogens with zero attached hydrogens (tertiary/aromatic N) is 2. The standard InChI is InChI=1S/C15H20N4O4.ClH/c1-9-17-14(19-23-9)13(18-15(20)11(16)8-21-2)10-6-4-5-7-12(10)22-3;/h4-7,11,13H,8,16H2,1-3H3,(H,18,20);1H. The van der Waals surface area contributed by atoms with Crippen molar-refractivity contribution >= 4 is 18.3 Å². The predicted molar refractivity (Wildman–Crippen MR) is 89.1 cm³/mol. The van der Waals surface area contributed by atoms with E-state index >= 15 is 0 Å². The minimum absolute atomic E-state index is 0. The second-order valence-corrected chi connectivity index (χ2v) is 4.92. The van der Waals surface area contributed by atoms with Crippen molar-refractivity contribution in [3.63, 3.8) is 0 Å². The summed E-state index contributed by atoms with van der Waals surface area (Å²) in [6.45, 7) is 1.78. The monoisotopic (exact) mass is 356 g/mol. The summed E-state index contributed by atoms with van der Waals surface area (Å²) >= 11 is 0. The molecule has 0 radical (unpaired) electrons. The van der Waals surface area contributed by atoms with Crippen molar-refractivity contribution in [3.8, 4) is 5.75 Å². The molecule has 2 atom stereocenters. The quantitative estimate of drug-likeness (QED) is 0.760. The Hall–Kier alpha value is -2.16. The lowest BCUT2D eigenvalue weighted by molar-refractivity contribution is -0.124. The average molecular weight is 357 g/mol. The molecule has 132 valence electrons. The Morgan fingerprint density at radius 2 is 2.08 bits per heavy atom. The number of aromatic nitrogens is 2. The van der Waals surface area contributed by atoms with E-state index in [0.29, 0.717) is 23.0 Å². The van der Waals surface area contributed by atoms with Gasteiger partial charge in [0.1, 0.15) is 17.8 Å². The van der Waals surface area contributed by atoms with E-state index in [-0.39, 0.29) is 24.9 Å². The normalized spacial score (nSPS) is 12.8. The summed E-state index contributed by atoms with van der Waals surface area (Å²) in [6.07, 6.45) is 0. The fourth-order valence-electron chi connectivity index (χ4n) is 2.12. The predicted octanol–water partition coefficient (Wildman–Crippen LogP) is 0.988. The van der Waals surface area contributed by atoms with Crippen LogP contribution in [0.3, 0.4) is 0 Å². The largest absolute Gasteiger partial charge is 0.496 e. The average Bonchev–Trinajstić information content (AvgIpc) is 2.98. The number of hydrogen-bond acceptors (Lipinski definition) is 7. The molecule has 0 bridgehead atoms. The molecular formula is C15H21ClN4O4. The lowest BCUT2D eigenvalue weighted by atomic mass is 10.0. The minimum Gasteiger partial charge on any atom is -0.496 e. The van der Waals surface area contributed by atoms with Gasteiger partial charge in [-0.05, 0) is 6.07 Å². The van der Waals surface area contributed by atoms with Gasteiger partial charge in [0.15, 0.2) is 5.82 Å². The van der Waals surface area contributed by atoms with E-state index in [2.05, 4.69) is 15.5 Å². The van der Waals surface area contributed by atoms with Gasteiger partial charge in [0.05, 0.1) is 13.7 Å². The van der Waals surface area contributed by atoms with Gasteiger partial charge in [0, 0.05) is 19.6 Å². The smallest absolute Gasteiger partial charge is 0.240 e. The van der Waals surface area contributed by atoms with Crippen molar-refractivity contribution < 1.29 is 18.8 Å². The van der Waals surface area contributed by atoms with Gasteiger partial charge in [-0.1, -0.05) is 23.4 Å². The zero-order chi connectivity index (χ0) is 16.8. The van der Waals surface area contributed by atoms with Gasteiger partial charge in [-0.25, -0.2) is 0 Å². The van der Waals surface area contributed by atoms with Gasteiger partial charge in [-0.15, -0.1) is 12.4 Å². The summed E-state index contributed by atoms with van der Waals surface area (Å²) in [5.74, 6) is 0.936. The van der Waals surface area contributed by atoms with Crippen LogP contribution in [0.1, 0.15) is 23.3 Å². The highest BCUT2D eigenvalue weighted by molar-refractivity contribution is 5.85. The summed E-state index contributed by atoms with van der Waals surface area (Å²) < 4.78 is 15.3. The van der Waals surface area contributed by atoms with Crippen LogP contribution in [-0.2, 0) is 9.53 Å². The molecule has 1 aromatic heterocycles. The van der Waals surface area contributed by atoms with Crippen molar-refractivity contribution in [3.05, 3.63) is 41.5 Å². The minimum atomic E-state index is -0.801. The number of hydrogen-bond donors (Lipinski definition) is 2. The van der Waals surface area contributed by atoms with E-state index in [1.807, 2.05) is 18.2 Å². The van der Waals surface area contributed by atoms with E-state index in [1.54, 1.807) is 20.1 Å². The molecule has 8 nitrogen and oxygen atoms in total. The van der Waals surface area contributed by atoms with Crippen molar-refractivity contribution in [1.29, 1.82) is 0 Å². The molecule has 0 aliphatic carbocycles. The van der Waals surface area contributed by atoms with Crippen LogP contribution < -0.4 is 15.8 Å². The summed E-state index contributed by atoms with van der Waals surface area (Å²) in [5, 5.41) is 6.71. The first-order valence-corrected chi connectivity index (χ1v) is 7.04. The number of para-hydroxylation sites is 1. The van der Waals surface area contributed by atoms with Gasteiger partial charge >= 0.3 is 0 Å². The molecule has 0 aliphatic heterocycles. The Morgan fingerprint density at radius 1 is 1.38 bits per heavy atom. The Morgan fingerprint density at radius 3 is 2.67 bits per heavy atom. The van der Waals surface area contributed by atoms with Crippen LogP contribution in [0.15, 0.2) is 28.8 Å². The zero-order valence-electron chi connectivity index (χ0n) is 13.7. The first kappa shape index (κ1) is 19.9. The number of halogens is 1. The number of carbonyl (C=O) groups excluding carboxylic acids is 1. The highest BCUT2D eigenvalue weighted by Gasteiger charge is 2.26. The van der Waals surface area contributed by atoms with Crippen LogP contribution in [0.5, 0.6) is 5.75 Å². The number of carbonyl (C=O) groups is 1. The first-order valence-electron chi connectivity index (χ1n) is 7.04. The molecular weight excluding hydrogens is 336 g/mol. The third-order valence-corrected chi connectivity index (χ3v) is 3.22. The van der Waals surface area contributed by atoms with Crippen LogP contribution in [0, 0.1) is 6.92 Å². The number of ether oxygens (including phenoxy) is 2. The number of amides is 1. The molecule has 2 unspecified atom stereocenters. The molecule has 1 amide bonds. The SMILES string of the molecule is COCC(N)C(=O)NC(c1noc(C)n1)c1ccccc1OC.Cl. The fourth-order valence-corrected chi connectivity index (χ4v) is 2.12. The number of nitrogens with one attached hydrogen (secondary N) is 1. The number of rotatable bonds is 7. The zero-order valence-corrected chi connectivity index (χ0v) is 14.5. The molecule has 0 saturated heterocycles. The van der Waals surface area contributed by atoms with E-state index < -0.39 is 12.1 Å². The van der Waals surface area contributed by atoms with Crippen molar-refractivity contribution in [2.45, 2.75) is 19.0 Å². The first-order chi connectivity index (χ1) is 11.1. The van der Waals surface area contributed by atoms with Crippen LogP contribution in [0.4, 0.5) is 0 Å². The molecule has 0 saturated carbocycles. The highest BCUT2D eigenvalue weighted by Crippen LogP contribution is 2.28. The van der Waals surface area contributed by atoms with E-state index in [4.69, 9.17) is 19.7 Å². The summed E-state index contributed by atoms with van der Waals surface area (Å²) in [6, 6.07) is 5.83. The van der Waals surface area contributed by atoms with Gasteiger partial charge < -0.3 is 25.0 Å². The van der Waals surface area contributed by atoms with Crippen LogP contribution in [-0.4, -0.2) is 42.9 Å². The molecule has 24 heavy (non-hydrogen) atoms. The second kappa shape index (κ2) is 9.21. The summed E-state index contributed by atoms with van der Waals surface area (Å²) in [7, 11) is 3.03. The molecule has 9 heteroatoms. The third-order valence-electron chi connectivity index (χ3n) is 3.22. The number of benzene rings is 1. The van der Waals surface area contributed by atoms with Gasteiger partial charge in [0.25, 0.3) is 0 Å². The summed E-state index contributed by atoms with van der Waals surface area (Å²) in [5.41, 5.74) is 6.48.